The SMILES string of the molecule is CCCc1cncnc1N1CC2CN(CC=C(C)C)CC2(C(=O)O)C1. The Morgan fingerprint density at radius 1 is 1.40 bits per heavy atom. The highest BCUT2D eigenvalue weighted by molar-refractivity contribution is 5.78. The van der Waals surface area contributed by atoms with Crippen LogP contribution in [0.5, 0.6) is 0 Å². The molecule has 136 valence electrons. The number of aromatic nitrogens is 2. The molecule has 2 fully saturated rings. The predicted octanol–water partition coefficient (Wildman–Crippen LogP) is 2.22. The lowest BCUT2D eigenvalue weighted by molar-refractivity contribution is -0.148. The summed E-state index contributed by atoms with van der Waals surface area (Å²) in [7, 11) is 0. The first-order chi connectivity index (χ1) is 12.0. The van der Waals surface area contributed by atoms with Crippen LogP contribution in [0.15, 0.2) is 24.2 Å². The van der Waals surface area contributed by atoms with Gasteiger partial charge in [-0.1, -0.05) is 25.0 Å². The number of hydrogen-bond donors (Lipinski definition) is 1. The molecule has 2 aliphatic rings. The van der Waals surface area contributed by atoms with Gasteiger partial charge in [-0.2, -0.15) is 0 Å². The van der Waals surface area contributed by atoms with E-state index in [2.05, 4.69) is 46.6 Å². The maximum Gasteiger partial charge on any atom is 0.313 e. The molecule has 1 N–H and O–H groups in total. The molecule has 1 aromatic heterocycles. The molecular weight excluding hydrogens is 316 g/mol. The number of carbonyl (C=O) groups is 1. The average molecular weight is 344 g/mol. The van der Waals surface area contributed by atoms with Gasteiger partial charge in [0.15, 0.2) is 0 Å². The minimum Gasteiger partial charge on any atom is -0.481 e. The van der Waals surface area contributed by atoms with E-state index in [1.165, 1.54) is 5.57 Å². The molecule has 0 aliphatic carbocycles. The van der Waals surface area contributed by atoms with Gasteiger partial charge < -0.3 is 10.0 Å². The van der Waals surface area contributed by atoms with E-state index in [0.29, 0.717) is 13.1 Å². The first-order valence-electron chi connectivity index (χ1n) is 9.09. The smallest absolute Gasteiger partial charge is 0.313 e. The van der Waals surface area contributed by atoms with Gasteiger partial charge in [-0.25, -0.2) is 9.97 Å². The summed E-state index contributed by atoms with van der Waals surface area (Å²) in [6.45, 7) is 9.86. The molecule has 0 aromatic carbocycles. The second kappa shape index (κ2) is 7.12. The van der Waals surface area contributed by atoms with Gasteiger partial charge in [0.2, 0.25) is 0 Å². The standard InChI is InChI=1S/C19H28N4O2/c1-4-5-15-8-20-13-21-17(15)23-10-16-9-22(7-6-14(2)3)11-19(16,12-23)18(24)25/h6,8,13,16H,4-5,7,9-12H2,1-3H3,(H,24,25). The Hall–Kier alpha value is -1.95. The van der Waals surface area contributed by atoms with Crippen LogP contribution in [0, 0.1) is 11.3 Å². The van der Waals surface area contributed by atoms with Gasteiger partial charge in [0.1, 0.15) is 17.6 Å². The van der Waals surface area contributed by atoms with Crippen molar-refractivity contribution in [1.29, 1.82) is 0 Å². The molecule has 25 heavy (non-hydrogen) atoms. The Bertz CT molecular complexity index is 671. The maximum atomic E-state index is 12.2. The second-order valence-electron chi connectivity index (χ2n) is 7.64. The summed E-state index contributed by atoms with van der Waals surface area (Å²) < 4.78 is 0. The Morgan fingerprint density at radius 3 is 2.84 bits per heavy atom. The van der Waals surface area contributed by atoms with E-state index < -0.39 is 11.4 Å². The zero-order valence-electron chi connectivity index (χ0n) is 15.4. The second-order valence-corrected chi connectivity index (χ2v) is 7.64. The number of carboxylic acid groups (broad SMARTS) is 1. The Morgan fingerprint density at radius 2 is 2.20 bits per heavy atom. The summed E-state index contributed by atoms with van der Waals surface area (Å²) in [5.41, 5.74) is 1.70. The Balaban J connectivity index is 1.81. The van der Waals surface area contributed by atoms with Crippen LogP contribution in [0.2, 0.25) is 0 Å². The van der Waals surface area contributed by atoms with Gasteiger partial charge in [0.05, 0.1) is 0 Å². The van der Waals surface area contributed by atoms with Gasteiger partial charge in [0, 0.05) is 50.4 Å². The van der Waals surface area contributed by atoms with Crippen molar-refractivity contribution in [3.05, 3.63) is 29.7 Å². The maximum absolute atomic E-state index is 12.2. The van der Waals surface area contributed by atoms with Gasteiger partial charge >= 0.3 is 5.97 Å². The van der Waals surface area contributed by atoms with Crippen molar-refractivity contribution in [2.75, 3.05) is 37.6 Å². The number of hydrogen-bond acceptors (Lipinski definition) is 5. The molecule has 2 atom stereocenters. The largest absolute Gasteiger partial charge is 0.481 e. The van der Waals surface area contributed by atoms with E-state index in [4.69, 9.17) is 0 Å². The minimum atomic E-state index is -0.691. The molecule has 6 heteroatoms. The average Bonchev–Trinajstić information content (AvgIpc) is 3.09. The number of allylic oxidation sites excluding steroid dienone is 1. The highest BCUT2D eigenvalue weighted by Crippen LogP contribution is 2.44. The molecule has 0 spiro atoms. The molecule has 0 saturated carbocycles. The van der Waals surface area contributed by atoms with E-state index in [1.54, 1.807) is 6.33 Å². The van der Waals surface area contributed by atoms with E-state index >= 15 is 0 Å². The van der Waals surface area contributed by atoms with E-state index in [1.807, 2.05) is 6.20 Å². The van der Waals surface area contributed by atoms with Crippen molar-refractivity contribution in [2.45, 2.75) is 33.6 Å². The van der Waals surface area contributed by atoms with Crippen molar-refractivity contribution in [3.8, 4) is 0 Å². The molecule has 2 aliphatic heterocycles. The number of nitrogens with zero attached hydrogens (tertiary/aromatic N) is 4. The summed E-state index contributed by atoms with van der Waals surface area (Å²) in [6.07, 6.45) is 7.56. The fraction of sp³-hybridized carbons (Fsp3) is 0.632. The van der Waals surface area contributed by atoms with Crippen LogP contribution in [0.25, 0.3) is 0 Å². The van der Waals surface area contributed by atoms with Crippen molar-refractivity contribution < 1.29 is 9.90 Å². The molecule has 0 amide bonds. The summed E-state index contributed by atoms with van der Waals surface area (Å²) >= 11 is 0. The number of aliphatic carboxylic acids is 1. The van der Waals surface area contributed by atoms with Crippen LogP contribution in [-0.4, -0.2) is 58.7 Å². The minimum absolute atomic E-state index is 0.139. The summed E-state index contributed by atoms with van der Waals surface area (Å²) in [5.74, 6) is 0.383. The molecule has 0 bridgehead atoms. The van der Waals surface area contributed by atoms with E-state index in [-0.39, 0.29) is 5.92 Å². The Kier molecular flexibility index (Phi) is 5.08. The quantitative estimate of drug-likeness (QED) is 0.798. The van der Waals surface area contributed by atoms with Gasteiger partial charge in [-0.3, -0.25) is 9.69 Å². The monoisotopic (exact) mass is 344 g/mol. The molecule has 3 heterocycles. The summed E-state index contributed by atoms with van der Waals surface area (Å²) in [4.78, 5) is 25.2. The molecule has 1 aromatic rings. The summed E-state index contributed by atoms with van der Waals surface area (Å²) in [6, 6.07) is 0. The zero-order chi connectivity index (χ0) is 18.0. The van der Waals surface area contributed by atoms with E-state index in [0.717, 1.165) is 43.9 Å². The van der Waals surface area contributed by atoms with Crippen LogP contribution in [-0.2, 0) is 11.2 Å². The van der Waals surface area contributed by atoms with Gasteiger partial charge in [-0.15, -0.1) is 0 Å². The first kappa shape index (κ1) is 17.9. The number of likely N-dealkylation sites (tertiary alicyclic amines) is 1. The normalized spacial score (nSPS) is 25.9. The van der Waals surface area contributed by atoms with Crippen molar-refractivity contribution in [1.82, 2.24) is 14.9 Å². The van der Waals surface area contributed by atoms with Crippen molar-refractivity contribution >= 4 is 11.8 Å². The third-order valence-electron chi connectivity index (χ3n) is 5.45. The van der Waals surface area contributed by atoms with Crippen molar-refractivity contribution in [3.63, 3.8) is 0 Å². The Labute approximate surface area is 149 Å². The van der Waals surface area contributed by atoms with Gasteiger partial charge in [0.25, 0.3) is 0 Å². The van der Waals surface area contributed by atoms with Crippen molar-refractivity contribution in [2.24, 2.45) is 11.3 Å². The van der Waals surface area contributed by atoms with Crippen LogP contribution < -0.4 is 4.90 Å². The third kappa shape index (κ3) is 3.40. The van der Waals surface area contributed by atoms with Crippen LogP contribution >= 0.6 is 0 Å². The summed E-state index contributed by atoms with van der Waals surface area (Å²) in [5, 5.41) is 10.0. The van der Waals surface area contributed by atoms with Gasteiger partial charge in [-0.05, 0) is 20.3 Å². The van der Waals surface area contributed by atoms with Crippen LogP contribution in [0.1, 0.15) is 32.8 Å². The van der Waals surface area contributed by atoms with Crippen LogP contribution in [0.3, 0.4) is 0 Å². The molecule has 2 unspecified atom stereocenters. The number of anilines is 1. The fourth-order valence-electron chi connectivity index (χ4n) is 4.17. The number of fused-ring (bicyclic) bond motifs is 1. The lowest BCUT2D eigenvalue weighted by atomic mass is 9.81. The number of aryl methyl sites for hydroxylation is 1. The lowest BCUT2D eigenvalue weighted by Crippen LogP contribution is -2.41. The topological polar surface area (TPSA) is 69.6 Å². The molecule has 3 rings (SSSR count). The third-order valence-corrected chi connectivity index (χ3v) is 5.45. The lowest BCUT2D eigenvalue weighted by Gasteiger charge is -2.26. The fourth-order valence-corrected chi connectivity index (χ4v) is 4.17. The zero-order valence-corrected chi connectivity index (χ0v) is 15.4. The molecule has 6 nitrogen and oxygen atoms in total. The molecular formula is C19H28N4O2. The molecule has 0 radical (unpaired) electrons. The highest BCUT2D eigenvalue weighted by atomic mass is 16.4. The first-order valence-corrected chi connectivity index (χ1v) is 9.09. The number of rotatable bonds is 6. The van der Waals surface area contributed by atoms with E-state index in [9.17, 15) is 9.90 Å². The highest BCUT2D eigenvalue weighted by Gasteiger charge is 2.57. The van der Waals surface area contributed by atoms with Crippen LogP contribution in [0.4, 0.5) is 5.82 Å². The predicted molar refractivity (Wildman–Crippen MR) is 97.7 cm³/mol. The number of carboxylic acids is 1. The molecule has 2 saturated heterocycles.